The summed E-state index contributed by atoms with van der Waals surface area (Å²) in [6.45, 7) is 2.92. The maximum absolute atomic E-state index is 11.1. The molecule has 0 fully saturated rings. The van der Waals surface area contributed by atoms with Crippen LogP contribution in [0.5, 0.6) is 0 Å². The second-order valence-corrected chi connectivity index (χ2v) is 2.74. The molecule has 0 aliphatic carbocycles. The molecule has 0 unspecified atom stereocenters. The van der Waals surface area contributed by atoms with Crippen LogP contribution in [0.3, 0.4) is 0 Å². The molecule has 0 saturated carbocycles. The van der Waals surface area contributed by atoms with Gasteiger partial charge in [-0.25, -0.2) is 5.84 Å². The number of amides is 3. The second kappa shape index (κ2) is 6.55. The van der Waals surface area contributed by atoms with Gasteiger partial charge in [-0.05, 0) is 6.08 Å². The maximum Gasteiger partial charge on any atom is 0.253 e. The Labute approximate surface area is 87.3 Å². The van der Waals surface area contributed by atoms with E-state index in [1.807, 2.05) is 5.43 Å². The first-order chi connectivity index (χ1) is 7.01. The third-order valence-corrected chi connectivity index (χ3v) is 1.54. The van der Waals surface area contributed by atoms with Gasteiger partial charge in [-0.15, -0.1) is 0 Å². The van der Waals surface area contributed by atoms with Crippen LogP contribution in [0.25, 0.3) is 0 Å². The van der Waals surface area contributed by atoms with Gasteiger partial charge in [0.05, 0.1) is 13.1 Å². The van der Waals surface area contributed by atoms with Crippen molar-refractivity contribution in [2.75, 3.05) is 20.1 Å². The van der Waals surface area contributed by atoms with E-state index < -0.39 is 11.8 Å². The lowest BCUT2D eigenvalue weighted by Crippen LogP contribution is -2.43. The predicted molar refractivity (Wildman–Crippen MR) is 53.2 cm³/mol. The molecule has 0 aromatic carbocycles. The van der Waals surface area contributed by atoms with Gasteiger partial charge in [0.2, 0.25) is 11.8 Å². The van der Waals surface area contributed by atoms with Gasteiger partial charge in [-0.2, -0.15) is 0 Å². The highest BCUT2D eigenvalue weighted by Gasteiger charge is 2.10. The zero-order chi connectivity index (χ0) is 11.8. The van der Waals surface area contributed by atoms with Gasteiger partial charge in [0.25, 0.3) is 5.91 Å². The van der Waals surface area contributed by atoms with Crippen molar-refractivity contribution in [2.24, 2.45) is 5.84 Å². The average molecular weight is 214 g/mol. The topological polar surface area (TPSA) is 105 Å². The molecule has 0 bridgehead atoms. The molecule has 0 aromatic heterocycles. The number of nitrogens with zero attached hydrogens (tertiary/aromatic N) is 1. The van der Waals surface area contributed by atoms with Crippen molar-refractivity contribution in [3.05, 3.63) is 12.7 Å². The van der Waals surface area contributed by atoms with Crippen molar-refractivity contribution >= 4 is 17.7 Å². The van der Waals surface area contributed by atoms with Crippen LogP contribution in [-0.2, 0) is 14.4 Å². The fraction of sp³-hybridized carbons (Fsp3) is 0.375. The summed E-state index contributed by atoms with van der Waals surface area (Å²) in [5, 5.41) is 2.28. The fourth-order valence-electron chi connectivity index (χ4n) is 0.735. The molecule has 7 nitrogen and oxygen atoms in total. The summed E-state index contributed by atoms with van der Waals surface area (Å²) in [7, 11) is 1.45. The maximum atomic E-state index is 11.1. The van der Waals surface area contributed by atoms with E-state index in [-0.39, 0.29) is 19.0 Å². The third kappa shape index (κ3) is 5.42. The minimum absolute atomic E-state index is 0.136. The summed E-state index contributed by atoms with van der Waals surface area (Å²) < 4.78 is 0. The van der Waals surface area contributed by atoms with Crippen molar-refractivity contribution in [2.45, 2.75) is 0 Å². The lowest BCUT2D eigenvalue weighted by atomic mass is 10.4. The van der Waals surface area contributed by atoms with Crippen molar-refractivity contribution < 1.29 is 14.4 Å². The molecule has 0 aliphatic rings. The van der Waals surface area contributed by atoms with Crippen LogP contribution in [0.4, 0.5) is 0 Å². The van der Waals surface area contributed by atoms with Crippen LogP contribution in [0.2, 0.25) is 0 Å². The Balaban J connectivity index is 3.88. The van der Waals surface area contributed by atoms with Gasteiger partial charge in [0.1, 0.15) is 0 Å². The second-order valence-electron chi connectivity index (χ2n) is 2.74. The summed E-state index contributed by atoms with van der Waals surface area (Å²) in [4.78, 5) is 33.9. The molecule has 4 N–H and O–H groups in total. The van der Waals surface area contributed by atoms with E-state index in [2.05, 4.69) is 11.9 Å². The van der Waals surface area contributed by atoms with Gasteiger partial charge < -0.3 is 10.2 Å². The van der Waals surface area contributed by atoms with Crippen LogP contribution in [0.15, 0.2) is 12.7 Å². The minimum Gasteiger partial charge on any atom is -0.345 e. The Morgan fingerprint density at radius 3 is 2.47 bits per heavy atom. The van der Waals surface area contributed by atoms with E-state index in [9.17, 15) is 14.4 Å². The van der Waals surface area contributed by atoms with Crippen molar-refractivity contribution in [3.8, 4) is 0 Å². The van der Waals surface area contributed by atoms with Crippen molar-refractivity contribution in [1.29, 1.82) is 0 Å². The molecule has 0 aromatic rings. The number of hydrogen-bond donors (Lipinski definition) is 3. The highest BCUT2D eigenvalue weighted by atomic mass is 16.2. The number of rotatable bonds is 5. The number of nitrogens with two attached hydrogens (primary N) is 1. The van der Waals surface area contributed by atoms with Crippen molar-refractivity contribution in [3.63, 3.8) is 0 Å². The first-order valence-electron chi connectivity index (χ1n) is 4.15. The van der Waals surface area contributed by atoms with Crippen LogP contribution >= 0.6 is 0 Å². The first kappa shape index (κ1) is 13.1. The molecular weight excluding hydrogens is 200 g/mol. The monoisotopic (exact) mass is 214 g/mol. The van der Waals surface area contributed by atoms with Crippen LogP contribution in [-0.4, -0.2) is 42.8 Å². The Hall–Kier alpha value is -1.89. The number of carbonyl (C=O) groups excluding carboxylic acids is 3. The molecule has 0 aliphatic heterocycles. The van der Waals surface area contributed by atoms with Gasteiger partial charge >= 0.3 is 0 Å². The zero-order valence-corrected chi connectivity index (χ0v) is 8.45. The molecule has 0 spiro atoms. The molecule has 0 saturated heterocycles. The molecule has 0 heterocycles. The molecule has 0 atom stereocenters. The molecule has 0 rings (SSSR count). The van der Waals surface area contributed by atoms with Gasteiger partial charge in [-0.1, -0.05) is 6.58 Å². The van der Waals surface area contributed by atoms with Crippen molar-refractivity contribution in [1.82, 2.24) is 15.6 Å². The van der Waals surface area contributed by atoms with E-state index in [4.69, 9.17) is 5.84 Å². The first-order valence-corrected chi connectivity index (χ1v) is 4.15. The summed E-state index contributed by atoms with van der Waals surface area (Å²) in [6, 6.07) is 0. The van der Waals surface area contributed by atoms with E-state index in [0.717, 1.165) is 6.08 Å². The average Bonchev–Trinajstić information content (AvgIpc) is 2.24. The largest absolute Gasteiger partial charge is 0.345 e. The molecule has 3 amide bonds. The Kier molecular flexibility index (Phi) is 5.72. The molecular formula is C8H14N4O3. The smallest absolute Gasteiger partial charge is 0.253 e. The van der Waals surface area contributed by atoms with Crippen LogP contribution in [0, 0.1) is 0 Å². The Morgan fingerprint density at radius 2 is 2.00 bits per heavy atom. The van der Waals surface area contributed by atoms with E-state index >= 15 is 0 Å². The highest BCUT2D eigenvalue weighted by Crippen LogP contribution is 1.84. The number of hydrogen-bond acceptors (Lipinski definition) is 4. The molecule has 7 heteroatoms. The molecule has 15 heavy (non-hydrogen) atoms. The summed E-state index contributed by atoms with van der Waals surface area (Å²) in [5.41, 5.74) is 1.86. The Bertz CT molecular complexity index is 277. The standard InChI is InChI=1S/C8H14N4O3/c1-3-8(15)12(2)5-7(14)10-4-6(13)11-9/h3H,1,4-5,9H2,2H3,(H,10,14)(H,11,13). The summed E-state index contributed by atoms with van der Waals surface area (Å²) >= 11 is 0. The van der Waals surface area contributed by atoms with E-state index in [1.165, 1.54) is 11.9 Å². The van der Waals surface area contributed by atoms with Gasteiger partial charge in [-0.3, -0.25) is 19.8 Å². The fourth-order valence-corrected chi connectivity index (χ4v) is 0.735. The number of hydrazine groups is 1. The number of nitrogens with one attached hydrogen (secondary N) is 2. The lowest BCUT2D eigenvalue weighted by Gasteiger charge is -2.14. The minimum atomic E-state index is -0.513. The van der Waals surface area contributed by atoms with Gasteiger partial charge in [0, 0.05) is 7.05 Å². The zero-order valence-electron chi connectivity index (χ0n) is 8.45. The third-order valence-electron chi connectivity index (χ3n) is 1.54. The van der Waals surface area contributed by atoms with E-state index in [1.54, 1.807) is 0 Å². The summed E-state index contributed by atoms with van der Waals surface area (Å²) in [6.07, 6.45) is 1.10. The number of likely N-dealkylation sites (N-methyl/N-ethyl adjacent to an activating group) is 1. The predicted octanol–water partition coefficient (Wildman–Crippen LogP) is -2.26. The van der Waals surface area contributed by atoms with Crippen LogP contribution < -0.4 is 16.6 Å². The molecule has 0 radical (unpaired) electrons. The Morgan fingerprint density at radius 1 is 1.40 bits per heavy atom. The molecule has 84 valence electrons. The summed E-state index contributed by atoms with van der Waals surface area (Å²) in [5.74, 6) is 3.47. The van der Waals surface area contributed by atoms with Crippen LogP contribution in [0.1, 0.15) is 0 Å². The number of carbonyl (C=O) groups is 3. The normalized spacial score (nSPS) is 8.93. The van der Waals surface area contributed by atoms with E-state index in [0.29, 0.717) is 0 Å². The highest BCUT2D eigenvalue weighted by molar-refractivity contribution is 5.91. The lowest BCUT2D eigenvalue weighted by molar-refractivity contribution is -0.132. The quantitative estimate of drug-likeness (QED) is 0.208. The SMILES string of the molecule is C=CC(=O)N(C)CC(=O)NCC(=O)NN. The van der Waals surface area contributed by atoms with Gasteiger partial charge in [0.15, 0.2) is 0 Å².